The van der Waals surface area contributed by atoms with Crippen molar-refractivity contribution >= 4 is 90.4 Å². The maximum absolute atomic E-state index is 14.9. The van der Waals surface area contributed by atoms with Crippen LogP contribution >= 0.6 is 37.2 Å². The molecule has 3 aliphatic heterocycles. The topological polar surface area (TPSA) is 406 Å². The summed E-state index contributed by atoms with van der Waals surface area (Å²) in [4.78, 5) is 123. The Balaban J connectivity index is 0.000000191. The molecule has 12 aliphatic rings. The molecular weight excluding hydrogens is 1830 g/mol. The summed E-state index contributed by atoms with van der Waals surface area (Å²) in [7, 11) is 4.62. The van der Waals surface area contributed by atoms with E-state index in [0.29, 0.717) is 28.7 Å². The summed E-state index contributed by atoms with van der Waals surface area (Å²) in [5, 5.41) is 83.9. The normalized spacial score (nSPS) is 40.7. The van der Waals surface area contributed by atoms with E-state index in [9.17, 15) is 78.9 Å². The van der Waals surface area contributed by atoms with Gasteiger partial charge in [0.25, 0.3) is 0 Å². The van der Waals surface area contributed by atoms with Gasteiger partial charge in [-0.25, -0.2) is 14.4 Å². The molecule has 684 valence electrons. The highest BCUT2D eigenvalue weighted by Crippen LogP contribution is 2.70. The van der Waals surface area contributed by atoms with E-state index in [4.69, 9.17) is 56.8 Å². The van der Waals surface area contributed by atoms with Crippen LogP contribution in [-0.2, 0) is 85.6 Å². The van der Waals surface area contributed by atoms with Crippen molar-refractivity contribution in [3.63, 3.8) is 0 Å². The third-order valence-corrected chi connectivity index (χ3v) is 31.2. The smallest absolute Gasteiger partial charge is 0.338 e. The van der Waals surface area contributed by atoms with Crippen LogP contribution in [0.15, 0.2) is 124 Å². The van der Waals surface area contributed by atoms with E-state index in [0.717, 1.165) is 11.1 Å². The summed E-state index contributed by atoms with van der Waals surface area (Å²) in [6.07, 6.45) is -13.6. The van der Waals surface area contributed by atoms with E-state index in [1.54, 1.807) is 134 Å². The minimum atomic E-state index is -2.07. The monoisotopic (exact) mass is 1960 g/mol. The first-order chi connectivity index (χ1) is 57.0. The largest absolute Gasteiger partial charge is 0.455 e. The molecule has 7 N–H and O–H groups in total. The van der Waals surface area contributed by atoms with Crippen molar-refractivity contribution in [1.82, 2.24) is 0 Å². The van der Waals surface area contributed by atoms with Gasteiger partial charge in [-0.05, 0) is 111 Å². The lowest BCUT2D eigenvalue weighted by Gasteiger charge is -2.68. The van der Waals surface area contributed by atoms with Crippen LogP contribution in [0.5, 0.6) is 0 Å². The van der Waals surface area contributed by atoms with Crippen LogP contribution in [-0.4, -0.2) is 243 Å². The third-order valence-electron chi connectivity index (χ3n) is 31.2. The van der Waals surface area contributed by atoms with Crippen molar-refractivity contribution < 1.29 is 136 Å². The number of hydrogen-bond acceptors (Lipinski definition) is 28. The van der Waals surface area contributed by atoms with E-state index in [1.807, 2.05) is 41.5 Å². The van der Waals surface area contributed by atoms with Gasteiger partial charge in [0, 0.05) is 146 Å². The number of aliphatic hydroxyl groups excluding tert-OH is 4. The van der Waals surface area contributed by atoms with E-state index in [1.165, 1.54) is 54.0 Å². The Morgan fingerprint density at radius 3 is 1.00 bits per heavy atom. The second kappa shape index (κ2) is 35.5. The fourth-order valence-electron chi connectivity index (χ4n) is 24.9. The maximum Gasteiger partial charge on any atom is 0.338 e. The number of rotatable bonds is 12. The fourth-order valence-corrected chi connectivity index (χ4v) is 24.9. The van der Waals surface area contributed by atoms with Gasteiger partial charge in [-0.3, -0.25) is 28.8 Å². The molecular formula is C94H126I2O28. The van der Waals surface area contributed by atoms with E-state index >= 15 is 0 Å². The molecule has 9 fully saturated rings. The number of fused-ring (bicyclic) bond motifs is 15. The summed E-state index contributed by atoms with van der Waals surface area (Å²) in [5.41, 5.74) is -13.9. The van der Waals surface area contributed by atoms with Crippen molar-refractivity contribution in [2.24, 2.45) is 62.1 Å². The molecule has 3 heterocycles. The highest BCUT2D eigenvalue weighted by Gasteiger charge is 2.82. The molecule has 6 bridgehead atoms. The minimum absolute atomic E-state index is 0. The van der Waals surface area contributed by atoms with Crippen molar-refractivity contribution in [3.8, 4) is 0 Å². The number of aliphatic hydroxyl groups is 7. The second-order valence-corrected chi connectivity index (χ2v) is 37.8. The number of Topliss-reactive ketones (excluding diaryl/α,β-unsaturated/α-hetero) is 3. The van der Waals surface area contributed by atoms with Crippen molar-refractivity contribution in [2.75, 3.05) is 41.2 Å². The molecule has 3 aromatic carbocycles. The highest BCUT2D eigenvalue weighted by molar-refractivity contribution is 15.0. The van der Waals surface area contributed by atoms with Gasteiger partial charge in [-0.15, -0.1) is 0 Å². The Hall–Kier alpha value is -6.35. The van der Waals surface area contributed by atoms with Crippen molar-refractivity contribution in [2.45, 2.75) is 284 Å². The molecule has 9 aliphatic carbocycles. The van der Waals surface area contributed by atoms with Crippen LogP contribution in [0.4, 0.5) is 0 Å². The van der Waals surface area contributed by atoms with Crippen molar-refractivity contribution in [1.29, 1.82) is 0 Å². The number of ketones is 3. The van der Waals surface area contributed by atoms with Crippen LogP contribution in [0, 0.1) is 62.1 Å². The Morgan fingerprint density at radius 1 is 0.411 bits per heavy atom. The van der Waals surface area contributed by atoms with Crippen LogP contribution in [0.2, 0.25) is 0 Å². The van der Waals surface area contributed by atoms with E-state index < -0.39 is 217 Å². The molecule has 30 heteroatoms. The molecule has 124 heavy (non-hydrogen) atoms. The van der Waals surface area contributed by atoms with Gasteiger partial charge in [0.2, 0.25) is 0 Å². The minimum Gasteiger partial charge on any atom is -0.455 e. The average Bonchev–Trinajstić information content (AvgIpc) is 0.677. The van der Waals surface area contributed by atoms with Crippen LogP contribution in [0.1, 0.15) is 202 Å². The van der Waals surface area contributed by atoms with Gasteiger partial charge in [-0.1, -0.05) is 125 Å². The van der Waals surface area contributed by atoms with Gasteiger partial charge in [0.1, 0.15) is 71.1 Å². The number of halogens is 2. The average molecular weight is 1960 g/mol. The number of carbonyl (C=O) groups excluding carboxylic acids is 9. The summed E-state index contributed by atoms with van der Waals surface area (Å²) >= 11 is 4.24. The lowest BCUT2D eigenvalue weighted by Crippen LogP contribution is -2.81. The summed E-state index contributed by atoms with van der Waals surface area (Å²) in [5.74, 6) is -9.77. The quantitative estimate of drug-likeness (QED) is 0.0383. The summed E-state index contributed by atoms with van der Waals surface area (Å²) < 4.78 is 72.3. The van der Waals surface area contributed by atoms with Gasteiger partial charge < -0.3 is 92.6 Å². The highest BCUT2D eigenvalue weighted by atomic mass is 128. The number of benzene rings is 3. The number of methoxy groups -OCH3 is 3. The van der Waals surface area contributed by atoms with E-state index in [2.05, 4.69) is 37.2 Å². The Morgan fingerprint density at radius 2 is 0.702 bits per heavy atom. The number of esters is 6. The SMILES string of the molecule is C.C.CC(=O)O[C@@]12CO[C@@H]1C[C@H](O)[C@@]1(C)C(=O)[C@H](O)C3=C(C)[C@@H](O)C[C@@](O)([C@@H](OC(=O)c4ccccc4)[C@H]21)C3(C)C.CO[C@H]1C[C@@]2(O)[C@@H](OC(=O)c3ccccc3)[C@@H]3[C@]4(OC(C)=O)CO[C@@H]4C[C@H](OC)[C@@]3(C)C(=O)[C@H](C)C(=C1C)C2(C)C.CO[C@H]1C[C@H]2OC[C@@]2(OC(C)=O)[C@H]2[C@H](OC(=O)c3ccccc3)[C@]3(O)C[C@H](O)C(C)=C([C@@H](C)C(=O)[C@]12C)C3(C)C.II. The Bertz CT molecular complexity index is 4700. The van der Waals surface area contributed by atoms with E-state index in [-0.39, 0.29) is 95.0 Å². The maximum atomic E-state index is 14.9. The number of hydrogen-bond donors (Lipinski definition) is 7. The summed E-state index contributed by atoms with van der Waals surface area (Å²) in [6, 6.07) is 25.0. The Labute approximate surface area is 749 Å². The van der Waals surface area contributed by atoms with Gasteiger partial charge in [-0.2, -0.15) is 0 Å². The molecule has 28 nitrogen and oxygen atoms in total. The molecule has 0 radical (unpaired) electrons. The van der Waals surface area contributed by atoms with Crippen LogP contribution in [0.3, 0.4) is 0 Å². The standard InChI is InChI=1S/C32H42O9.C31H40O9.C29H36O10.2CH4.I2/c1-17-21(37-7)15-32(36)27(40-28(35)20-12-10-9-11-13-20)25-30(6,26(34)18(2)24(17)29(32,4)5)22(38-8)14-23-31(25,16-39-23)41-19(3)33;1-16-20(33)14-31(36)26(39-27(35)19-11-9-8-10-12-19)24-29(6,25(34)17(2)23(16)28(31,4)5)21(37-7)13-22-30(24,15-38-22)40-18(3)32;1-14-17(31)12-29(36)24(38-25(35)16-9-7-6-8-10-16)22-27(5,23(34)21(33)20(14)26(29,3)4)18(32)11-19-28(22,13-37-19)39-15(2)30;;;1-2/h9-13,18,21-23,25,27,36H,14-16H2,1-8H3;8-12,17,20-22,24,26,33,36H,13-15H2,1-7H3;6-10,17-19,21-22,24,31-33,36H,11-13H2,1-5H3;2*1H4;/t18-,21+,22+,23-,25+,27+,30-,31+,32-;17-,20+,21+,22-,24+,26+,29-,30+,31-;17-,18-,19+,21+,22-,24-,27+,28-,29+;;;/m110.../s1. The molecule has 0 spiro atoms. The zero-order chi connectivity index (χ0) is 90.2. The van der Waals surface area contributed by atoms with Crippen LogP contribution < -0.4 is 0 Å². The third kappa shape index (κ3) is 14.8. The molecule has 0 amide bonds. The lowest BCUT2D eigenvalue weighted by molar-refractivity contribution is -0.347. The number of ether oxygens (including phenoxy) is 12. The first kappa shape index (κ1) is 99.8. The predicted molar refractivity (Wildman–Crippen MR) is 468 cm³/mol. The van der Waals surface area contributed by atoms with Gasteiger partial charge in [0.05, 0.1) is 107 Å². The predicted octanol–water partition coefficient (Wildman–Crippen LogP) is 10.8. The molecule has 3 aromatic rings. The fraction of sp³-hybridized carbons (Fsp3) is 0.649. The number of carbonyl (C=O) groups is 9. The molecule has 6 saturated carbocycles. The second-order valence-electron chi connectivity index (χ2n) is 37.8. The molecule has 0 unspecified atom stereocenters. The molecule has 0 aromatic heterocycles. The first-order valence-corrected chi connectivity index (χ1v) is 47.9. The van der Waals surface area contributed by atoms with Crippen molar-refractivity contribution in [3.05, 3.63) is 141 Å². The lowest BCUT2D eigenvalue weighted by atomic mass is 9.43. The Kier molecular flexibility index (Phi) is 28.6. The first-order valence-electron chi connectivity index (χ1n) is 41.6. The zero-order valence-electron chi connectivity index (χ0n) is 72.9. The summed E-state index contributed by atoms with van der Waals surface area (Å²) in [6.45, 7) is 28.2. The van der Waals surface area contributed by atoms with Crippen LogP contribution in [0.25, 0.3) is 0 Å². The molecule has 15 rings (SSSR count). The van der Waals surface area contributed by atoms with Gasteiger partial charge >= 0.3 is 35.8 Å². The van der Waals surface area contributed by atoms with Gasteiger partial charge in [0.15, 0.2) is 22.6 Å². The zero-order valence-corrected chi connectivity index (χ0v) is 77.2. The molecule has 3 saturated heterocycles. The molecule has 27 atom stereocenters.